The van der Waals surface area contributed by atoms with Gasteiger partial charge in [0, 0.05) is 28.7 Å². The zero-order valence-corrected chi connectivity index (χ0v) is 37.8. The molecule has 0 fully saturated rings. The molecule has 0 radical (unpaired) electrons. The summed E-state index contributed by atoms with van der Waals surface area (Å²) < 4.78 is 61.5. The lowest BCUT2D eigenvalue weighted by atomic mass is 9.73. The lowest BCUT2D eigenvalue weighted by molar-refractivity contribution is -0.153. The zero-order chi connectivity index (χ0) is 41.2. The van der Waals surface area contributed by atoms with E-state index in [4.69, 9.17) is 13.6 Å². The molecule has 0 aliphatic carbocycles. The maximum absolute atomic E-state index is 14.8. The molecule has 0 aromatic carbocycles. The van der Waals surface area contributed by atoms with E-state index in [-0.39, 0.29) is 36.0 Å². The first-order valence-electron chi connectivity index (χ1n) is 18.9. The van der Waals surface area contributed by atoms with E-state index in [1.165, 1.54) is 17.4 Å². The van der Waals surface area contributed by atoms with Crippen LogP contribution in [0.3, 0.4) is 0 Å². The van der Waals surface area contributed by atoms with E-state index >= 15 is 0 Å². The van der Waals surface area contributed by atoms with Crippen molar-refractivity contribution >= 4 is 45.8 Å². The number of nitrogens with zero attached hydrogens (tertiary/aromatic N) is 1. The van der Waals surface area contributed by atoms with Gasteiger partial charge in [0.1, 0.15) is 11.9 Å². The Morgan fingerprint density at radius 3 is 2.00 bits per heavy atom. The van der Waals surface area contributed by atoms with Crippen molar-refractivity contribution in [1.82, 2.24) is 4.98 Å². The van der Waals surface area contributed by atoms with Crippen LogP contribution in [0.5, 0.6) is 0 Å². The summed E-state index contributed by atoms with van der Waals surface area (Å²) in [6, 6.07) is 2.38. The van der Waals surface area contributed by atoms with E-state index in [0.29, 0.717) is 11.3 Å². The minimum absolute atomic E-state index is 0.0857. The van der Waals surface area contributed by atoms with E-state index < -0.39 is 64.0 Å². The average Bonchev–Trinajstić information content (AvgIpc) is 3.48. The second-order valence-corrected chi connectivity index (χ2v) is 27.0. The van der Waals surface area contributed by atoms with Crippen molar-refractivity contribution in [2.75, 3.05) is 0 Å². The number of carbonyl (C=O) groups is 2. The summed E-state index contributed by atoms with van der Waals surface area (Å²) in [7, 11) is -4.69. The number of aryl methyl sites for hydroxylation is 1. The summed E-state index contributed by atoms with van der Waals surface area (Å²) in [4.78, 5) is 33.2. The lowest BCUT2D eigenvalue weighted by Gasteiger charge is -2.45. The van der Waals surface area contributed by atoms with Crippen LogP contribution in [-0.2, 0) is 23.2 Å². The van der Waals surface area contributed by atoms with Crippen LogP contribution < -0.4 is 0 Å². The smallest absolute Gasteiger partial charge is 0.412 e. The molecule has 6 nitrogen and oxygen atoms in total. The Morgan fingerprint density at radius 2 is 1.57 bits per heavy atom. The monoisotopic (exact) mass is 799 g/mol. The summed E-state index contributed by atoms with van der Waals surface area (Å²) in [6.07, 6.45) is -1.84. The summed E-state index contributed by atoms with van der Waals surface area (Å²) >= 11 is 1.44. The minimum atomic E-state index is -4.56. The first kappa shape index (κ1) is 48.9. The third kappa shape index (κ3) is 13.8. The molecule has 5 atom stereocenters. The van der Waals surface area contributed by atoms with Gasteiger partial charge in [-0.25, -0.2) is 4.98 Å². The highest BCUT2D eigenvalue weighted by atomic mass is 32.1. The van der Waals surface area contributed by atoms with Gasteiger partial charge in [0.05, 0.1) is 29.3 Å². The van der Waals surface area contributed by atoms with Crippen LogP contribution in [-0.4, -0.2) is 57.9 Å². The molecule has 1 unspecified atom stereocenters. The van der Waals surface area contributed by atoms with Crippen LogP contribution in [0, 0.1) is 24.2 Å². The number of ether oxygens (including phenoxy) is 1. The maximum atomic E-state index is 14.8. The highest BCUT2D eigenvalue weighted by molar-refractivity contribution is 7.09. The number of Topliss-reactive ketones (excluding diaryl/α,β-unsaturated/α-hetero) is 1. The molecule has 1 rings (SSSR count). The van der Waals surface area contributed by atoms with Crippen LogP contribution in [0.15, 0.2) is 47.9 Å². The second kappa shape index (κ2) is 20.2. The van der Waals surface area contributed by atoms with Crippen molar-refractivity contribution in [3.05, 3.63) is 58.6 Å². The van der Waals surface area contributed by atoms with Gasteiger partial charge in [0.15, 0.2) is 16.6 Å². The first-order valence-corrected chi connectivity index (χ1v) is 25.3. The predicted molar refractivity (Wildman–Crippen MR) is 220 cm³/mol. The number of esters is 1. The van der Waals surface area contributed by atoms with Gasteiger partial charge in [-0.3, -0.25) is 9.59 Å². The molecule has 302 valence electrons. The van der Waals surface area contributed by atoms with Gasteiger partial charge in [-0.2, -0.15) is 13.2 Å². The van der Waals surface area contributed by atoms with Gasteiger partial charge in [0.25, 0.3) is 0 Å². The molecule has 0 aliphatic heterocycles. The largest absolute Gasteiger partial charge is 0.457 e. The third-order valence-corrected chi connectivity index (χ3v) is 21.2. The molecule has 12 heteroatoms. The van der Waals surface area contributed by atoms with Crippen molar-refractivity contribution < 1.29 is 36.3 Å². The fraction of sp³-hybridized carbons (Fsp3) is 0.683. The number of aromatic nitrogens is 1. The SMILES string of the molecule is C=CC/C(=C\CC(OC(=O)C[C@H](O[Si](CC)(CC)CC)C(C)(C)C(=O)[C@H](C)[C@@H](O[Si](C)(C)C(C)(C)C)[C@@H](C)C=C)/C(C)=C/c1csc(C)n1)C(F)(F)F. The highest BCUT2D eigenvalue weighted by Gasteiger charge is 2.49. The Labute approximate surface area is 325 Å². The Bertz CT molecular complexity index is 1430. The van der Waals surface area contributed by atoms with Crippen molar-refractivity contribution in [2.24, 2.45) is 17.3 Å². The first-order chi connectivity index (χ1) is 24.2. The van der Waals surface area contributed by atoms with Crippen molar-refractivity contribution in [3.8, 4) is 0 Å². The number of thiazole rings is 1. The number of ketones is 1. The minimum Gasteiger partial charge on any atom is -0.457 e. The average molecular weight is 800 g/mol. The number of carbonyl (C=O) groups excluding carboxylic acids is 2. The van der Waals surface area contributed by atoms with Gasteiger partial charge in [-0.05, 0) is 74.1 Å². The van der Waals surface area contributed by atoms with E-state index in [1.807, 2.05) is 46.1 Å². The molecule has 0 saturated heterocycles. The molecule has 0 aliphatic rings. The fourth-order valence-corrected chi connectivity index (χ4v) is 11.1. The quantitative estimate of drug-likeness (QED) is 0.0661. The van der Waals surface area contributed by atoms with E-state index in [0.717, 1.165) is 29.2 Å². The predicted octanol–water partition coefficient (Wildman–Crippen LogP) is 12.4. The van der Waals surface area contributed by atoms with E-state index in [2.05, 4.69) is 72.8 Å². The van der Waals surface area contributed by atoms with E-state index in [9.17, 15) is 22.8 Å². The van der Waals surface area contributed by atoms with Gasteiger partial charge in [-0.15, -0.1) is 24.5 Å². The topological polar surface area (TPSA) is 74.7 Å². The third-order valence-electron chi connectivity index (χ3n) is 11.3. The lowest BCUT2D eigenvalue weighted by Crippen LogP contribution is -2.53. The molecule has 0 saturated carbocycles. The van der Waals surface area contributed by atoms with Gasteiger partial charge in [-0.1, -0.05) is 87.5 Å². The Kier molecular flexibility index (Phi) is 18.6. The molecule has 0 N–H and O–H groups in total. The Balaban J connectivity index is 3.70. The maximum Gasteiger partial charge on any atom is 0.412 e. The molecular formula is C41H68F3NO5SSi2. The molecule has 0 bridgehead atoms. The molecular weight excluding hydrogens is 732 g/mol. The molecule has 1 aromatic heterocycles. The van der Waals surface area contributed by atoms with Gasteiger partial charge in [0.2, 0.25) is 0 Å². The summed E-state index contributed by atoms with van der Waals surface area (Å²) in [5.74, 6) is -1.41. The number of alkyl halides is 3. The standard InChI is InChI=1S/C41H68F3NO5SSi2/c1-17-22-32(41(42,43)44)23-24-34(29(7)25-33-27-51-31(9)45-33)48-36(46)26-35(49-53(19-3,20-4)21-5)40(13,14)38(47)30(8)37(28(6)18-2)50-52(15,16)39(10,11)12/h17-18,23,25,27-28,30,34-35,37H,1-2,19-22,24,26H2,3-16H3/b29-25+,32-23+/t28-,30+,34?,35-,37-/m0/s1. The summed E-state index contributed by atoms with van der Waals surface area (Å²) in [5, 5.41) is 2.59. The molecule has 0 amide bonds. The highest BCUT2D eigenvalue weighted by Crippen LogP contribution is 2.42. The number of allylic oxidation sites excluding steroid dienone is 2. The number of hydrogen-bond acceptors (Lipinski definition) is 7. The zero-order valence-electron chi connectivity index (χ0n) is 35.0. The number of halogens is 3. The van der Waals surface area contributed by atoms with Gasteiger partial charge < -0.3 is 13.6 Å². The fourth-order valence-electron chi connectivity index (χ4n) is 6.13. The molecule has 53 heavy (non-hydrogen) atoms. The van der Waals surface area contributed by atoms with Crippen molar-refractivity contribution in [3.63, 3.8) is 0 Å². The normalized spacial score (nSPS) is 16.8. The van der Waals surface area contributed by atoms with Crippen LogP contribution >= 0.6 is 11.3 Å². The van der Waals surface area contributed by atoms with Crippen molar-refractivity contribution in [2.45, 2.75) is 163 Å². The van der Waals surface area contributed by atoms with Gasteiger partial charge >= 0.3 is 12.1 Å². The second-order valence-electron chi connectivity index (χ2n) is 16.5. The Morgan fingerprint density at radius 1 is 1.00 bits per heavy atom. The molecule has 1 aromatic rings. The molecule has 1 heterocycles. The van der Waals surface area contributed by atoms with E-state index in [1.54, 1.807) is 13.0 Å². The summed E-state index contributed by atoms with van der Waals surface area (Å²) in [6.45, 7) is 35.7. The molecule has 0 spiro atoms. The number of rotatable bonds is 22. The number of hydrogen-bond donors (Lipinski definition) is 0. The Hall–Kier alpha value is -2.13. The van der Waals surface area contributed by atoms with Crippen LogP contribution in [0.2, 0.25) is 36.3 Å². The van der Waals surface area contributed by atoms with Crippen LogP contribution in [0.1, 0.15) is 106 Å². The summed E-state index contributed by atoms with van der Waals surface area (Å²) in [5.41, 5.74) is -0.727. The van der Waals surface area contributed by atoms with Crippen LogP contribution in [0.4, 0.5) is 13.2 Å². The van der Waals surface area contributed by atoms with Crippen molar-refractivity contribution in [1.29, 1.82) is 0 Å². The van der Waals surface area contributed by atoms with Crippen LogP contribution in [0.25, 0.3) is 6.08 Å².